The standard InChI is InChI=1S/C15H14ClIN2O2/c1-9-14(12(8-19(9)2)18-13(20)7-17)15(21)10-5-3-4-6-11(10)16/h3-6,8H,7H2,1-2H3,(H,18,20). The van der Waals surface area contributed by atoms with Gasteiger partial charge in [-0.3, -0.25) is 9.59 Å². The van der Waals surface area contributed by atoms with Gasteiger partial charge in [0, 0.05) is 24.5 Å². The second-order valence-electron chi connectivity index (χ2n) is 4.60. The third kappa shape index (κ3) is 3.29. The van der Waals surface area contributed by atoms with Gasteiger partial charge in [-0.15, -0.1) is 0 Å². The monoisotopic (exact) mass is 416 g/mol. The van der Waals surface area contributed by atoms with Crippen LogP contribution in [0.2, 0.25) is 5.02 Å². The zero-order valence-electron chi connectivity index (χ0n) is 11.6. The van der Waals surface area contributed by atoms with E-state index in [1.165, 1.54) is 0 Å². The van der Waals surface area contributed by atoms with E-state index in [0.29, 0.717) is 26.3 Å². The van der Waals surface area contributed by atoms with E-state index < -0.39 is 0 Å². The second kappa shape index (κ2) is 6.62. The number of aromatic nitrogens is 1. The number of rotatable bonds is 4. The average molecular weight is 417 g/mol. The van der Waals surface area contributed by atoms with Gasteiger partial charge in [-0.05, 0) is 19.1 Å². The summed E-state index contributed by atoms with van der Waals surface area (Å²) < 4.78 is 2.14. The molecule has 0 aliphatic heterocycles. The highest BCUT2D eigenvalue weighted by molar-refractivity contribution is 14.1. The summed E-state index contributed by atoms with van der Waals surface area (Å²) >= 11 is 8.07. The summed E-state index contributed by atoms with van der Waals surface area (Å²) in [4.78, 5) is 24.4. The van der Waals surface area contributed by atoms with Crippen LogP contribution >= 0.6 is 34.2 Å². The Kier molecular flexibility index (Phi) is 5.05. The van der Waals surface area contributed by atoms with Gasteiger partial charge in [0.2, 0.25) is 5.91 Å². The van der Waals surface area contributed by atoms with Crippen LogP contribution in [0.3, 0.4) is 0 Å². The molecular weight excluding hydrogens is 403 g/mol. The molecule has 1 N–H and O–H groups in total. The predicted molar refractivity (Wildman–Crippen MR) is 92.6 cm³/mol. The third-order valence-electron chi connectivity index (χ3n) is 3.22. The van der Waals surface area contributed by atoms with E-state index in [9.17, 15) is 9.59 Å². The zero-order valence-corrected chi connectivity index (χ0v) is 14.5. The second-order valence-corrected chi connectivity index (χ2v) is 5.77. The summed E-state index contributed by atoms with van der Waals surface area (Å²) in [6.45, 7) is 1.84. The molecule has 6 heteroatoms. The molecule has 2 rings (SSSR count). The van der Waals surface area contributed by atoms with Crippen LogP contribution in [0.4, 0.5) is 5.69 Å². The largest absolute Gasteiger partial charge is 0.352 e. The van der Waals surface area contributed by atoms with E-state index in [1.807, 2.05) is 41.1 Å². The van der Waals surface area contributed by atoms with Gasteiger partial charge in [0.15, 0.2) is 5.78 Å². The molecule has 110 valence electrons. The molecule has 0 atom stereocenters. The first-order valence-electron chi connectivity index (χ1n) is 6.26. The van der Waals surface area contributed by atoms with Crippen LogP contribution < -0.4 is 5.32 Å². The van der Waals surface area contributed by atoms with E-state index in [0.717, 1.165) is 5.69 Å². The molecule has 0 fully saturated rings. The summed E-state index contributed by atoms with van der Waals surface area (Å²) in [5, 5.41) is 3.16. The molecule has 1 aromatic heterocycles. The zero-order chi connectivity index (χ0) is 15.6. The molecule has 0 aliphatic rings. The van der Waals surface area contributed by atoms with Gasteiger partial charge in [-0.2, -0.15) is 0 Å². The fraction of sp³-hybridized carbons (Fsp3) is 0.200. The van der Waals surface area contributed by atoms with E-state index >= 15 is 0 Å². The smallest absolute Gasteiger partial charge is 0.234 e. The Labute approximate surface area is 141 Å². The molecule has 4 nitrogen and oxygen atoms in total. The van der Waals surface area contributed by atoms with Crippen molar-refractivity contribution in [2.24, 2.45) is 7.05 Å². The summed E-state index contributed by atoms with van der Waals surface area (Å²) in [5.74, 6) is -0.336. The van der Waals surface area contributed by atoms with E-state index in [4.69, 9.17) is 11.6 Å². The van der Waals surface area contributed by atoms with Crippen LogP contribution in [0.15, 0.2) is 30.5 Å². The number of amides is 1. The number of benzene rings is 1. The highest BCUT2D eigenvalue weighted by Gasteiger charge is 2.22. The Morgan fingerprint density at radius 1 is 1.33 bits per heavy atom. The van der Waals surface area contributed by atoms with Crippen molar-refractivity contribution in [2.45, 2.75) is 6.92 Å². The minimum atomic E-state index is -0.192. The number of anilines is 1. The number of hydrogen-bond acceptors (Lipinski definition) is 2. The molecule has 2 aromatic rings. The first-order valence-corrected chi connectivity index (χ1v) is 8.17. The molecule has 0 bridgehead atoms. The molecule has 1 heterocycles. The topological polar surface area (TPSA) is 51.1 Å². The van der Waals surface area contributed by atoms with Crippen molar-refractivity contribution in [3.63, 3.8) is 0 Å². The van der Waals surface area contributed by atoms with Crippen molar-refractivity contribution in [1.29, 1.82) is 0 Å². The summed E-state index contributed by atoms with van der Waals surface area (Å²) in [6, 6.07) is 6.90. The summed E-state index contributed by atoms with van der Waals surface area (Å²) in [7, 11) is 1.83. The van der Waals surface area contributed by atoms with Crippen molar-refractivity contribution in [3.8, 4) is 0 Å². The average Bonchev–Trinajstić information content (AvgIpc) is 2.73. The number of halogens is 2. The lowest BCUT2D eigenvalue weighted by Gasteiger charge is -2.07. The van der Waals surface area contributed by atoms with Gasteiger partial charge >= 0.3 is 0 Å². The minimum absolute atomic E-state index is 0.144. The number of carbonyl (C=O) groups is 2. The van der Waals surface area contributed by atoms with Crippen molar-refractivity contribution >= 4 is 51.6 Å². The van der Waals surface area contributed by atoms with Crippen LogP contribution in [0.25, 0.3) is 0 Å². The molecule has 0 saturated heterocycles. The maximum absolute atomic E-state index is 12.7. The molecule has 0 aliphatic carbocycles. The minimum Gasteiger partial charge on any atom is -0.352 e. The van der Waals surface area contributed by atoms with E-state index in [-0.39, 0.29) is 11.7 Å². The van der Waals surface area contributed by atoms with Crippen molar-refractivity contribution in [1.82, 2.24) is 4.57 Å². The fourth-order valence-corrected chi connectivity index (χ4v) is 2.48. The molecule has 0 unspecified atom stereocenters. The molecule has 1 aromatic carbocycles. The lowest BCUT2D eigenvalue weighted by atomic mass is 10.0. The normalized spacial score (nSPS) is 10.5. The Morgan fingerprint density at radius 3 is 2.62 bits per heavy atom. The van der Waals surface area contributed by atoms with Gasteiger partial charge in [0.25, 0.3) is 0 Å². The van der Waals surface area contributed by atoms with Gasteiger partial charge in [0.1, 0.15) is 0 Å². The van der Waals surface area contributed by atoms with Gasteiger partial charge < -0.3 is 9.88 Å². The van der Waals surface area contributed by atoms with Gasteiger partial charge in [-0.25, -0.2) is 0 Å². The highest BCUT2D eigenvalue weighted by Crippen LogP contribution is 2.27. The SMILES string of the molecule is Cc1c(C(=O)c2ccccc2Cl)c(NC(=O)CI)cn1C. The van der Waals surface area contributed by atoms with Crippen LogP contribution in [-0.2, 0) is 11.8 Å². The van der Waals surface area contributed by atoms with Gasteiger partial charge in [0.05, 0.1) is 20.7 Å². The number of ketones is 1. The molecular formula is C15H14ClIN2O2. The van der Waals surface area contributed by atoms with Crippen LogP contribution in [-0.4, -0.2) is 20.7 Å². The Balaban J connectivity index is 2.50. The number of hydrogen-bond donors (Lipinski definition) is 1. The molecule has 21 heavy (non-hydrogen) atoms. The number of alkyl halides is 1. The Hall–Kier alpha value is -1.34. The number of nitrogens with one attached hydrogen (secondary N) is 1. The molecule has 0 saturated carbocycles. The highest BCUT2D eigenvalue weighted by atomic mass is 127. The number of carbonyl (C=O) groups excluding carboxylic acids is 2. The maximum Gasteiger partial charge on any atom is 0.234 e. The van der Waals surface area contributed by atoms with Gasteiger partial charge in [-0.1, -0.05) is 46.3 Å². The van der Waals surface area contributed by atoms with E-state index in [2.05, 4.69) is 5.32 Å². The number of aryl methyl sites for hydroxylation is 1. The first-order chi connectivity index (χ1) is 9.95. The molecule has 0 radical (unpaired) electrons. The lowest BCUT2D eigenvalue weighted by molar-refractivity contribution is -0.113. The van der Waals surface area contributed by atoms with Crippen LogP contribution in [0.1, 0.15) is 21.6 Å². The van der Waals surface area contributed by atoms with Crippen LogP contribution in [0.5, 0.6) is 0 Å². The summed E-state index contributed by atoms with van der Waals surface area (Å²) in [6.07, 6.45) is 1.74. The van der Waals surface area contributed by atoms with Crippen molar-refractivity contribution < 1.29 is 9.59 Å². The Bertz CT molecular complexity index is 710. The first kappa shape index (κ1) is 16.0. The van der Waals surface area contributed by atoms with Crippen molar-refractivity contribution in [2.75, 3.05) is 9.74 Å². The molecule has 0 spiro atoms. The van der Waals surface area contributed by atoms with E-state index in [1.54, 1.807) is 30.5 Å². The fourth-order valence-electron chi connectivity index (χ4n) is 2.07. The van der Waals surface area contributed by atoms with Crippen molar-refractivity contribution in [3.05, 3.63) is 52.3 Å². The number of nitrogens with zero attached hydrogens (tertiary/aromatic N) is 1. The van der Waals surface area contributed by atoms with Crippen LogP contribution in [0, 0.1) is 6.92 Å². The Morgan fingerprint density at radius 2 is 2.00 bits per heavy atom. The lowest BCUT2D eigenvalue weighted by Crippen LogP contribution is -2.15. The third-order valence-corrected chi connectivity index (χ3v) is 4.25. The molecule has 1 amide bonds. The predicted octanol–water partition coefficient (Wildman–Crippen LogP) is 3.59. The quantitative estimate of drug-likeness (QED) is 0.470. The summed E-state index contributed by atoms with van der Waals surface area (Å²) in [5.41, 5.74) is 2.20. The maximum atomic E-state index is 12.7.